The first kappa shape index (κ1) is 21.8. The largest absolute Gasteiger partial charge is 0.393 e. The number of hydrogen-bond donors (Lipinski definition) is 4. The van der Waals surface area contributed by atoms with Gasteiger partial charge < -0.3 is 20.8 Å². The Morgan fingerprint density at radius 2 is 1.90 bits per heavy atom. The van der Waals surface area contributed by atoms with E-state index in [0.717, 1.165) is 44.9 Å². The highest BCUT2D eigenvalue weighted by Crippen LogP contribution is 2.69. The monoisotopic (exact) mass is 406 g/mol. The summed E-state index contributed by atoms with van der Waals surface area (Å²) in [4.78, 5) is 5.25. The summed E-state index contributed by atoms with van der Waals surface area (Å²) in [7, 11) is 0. The molecule has 4 saturated carbocycles. The Labute approximate surface area is 176 Å². The number of rotatable bonds is 6. The van der Waals surface area contributed by atoms with Gasteiger partial charge in [0.2, 0.25) is 0 Å². The second-order valence-electron chi connectivity index (χ2n) is 10.9. The summed E-state index contributed by atoms with van der Waals surface area (Å²) in [6, 6.07) is 0. The first-order valence-electron chi connectivity index (χ1n) is 12.0. The SMILES string of the molecule is C[C@]12CCC(O)CC1CC[C@@H]1[C@H]2CC[C@]2(C)C(C=CCNOCCN)CC[C@@]12O. The summed E-state index contributed by atoms with van der Waals surface area (Å²) in [6.45, 7) is 6.55. The first-order chi connectivity index (χ1) is 13.8. The van der Waals surface area contributed by atoms with Crippen molar-refractivity contribution in [3.05, 3.63) is 12.2 Å². The molecular weight excluding hydrogens is 364 g/mol. The van der Waals surface area contributed by atoms with Gasteiger partial charge in [-0.2, -0.15) is 5.48 Å². The second kappa shape index (κ2) is 8.23. The van der Waals surface area contributed by atoms with Gasteiger partial charge in [0.15, 0.2) is 0 Å². The van der Waals surface area contributed by atoms with Crippen molar-refractivity contribution in [2.45, 2.75) is 83.3 Å². The lowest BCUT2D eigenvalue weighted by molar-refractivity contribution is -0.207. The van der Waals surface area contributed by atoms with Gasteiger partial charge in [-0.25, -0.2) is 0 Å². The maximum atomic E-state index is 12.1. The van der Waals surface area contributed by atoms with Gasteiger partial charge >= 0.3 is 0 Å². The van der Waals surface area contributed by atoms with Gasteiger partial charge in [-0.1, -0.05) is 26.0 Å². The number of fused-ring (bicyclic) bond motifs is 5. The third kappa shape index (κ3) is 3.51. The minimum absolute atomic E-state index is 0.0276. The summed E-state index contributed by atoms with van der Waals surface area (Å²) in [6.07, 6.45) is 14.1. The number of nitrogens with one attached hydrogen (secondary N) is 1. The standard InChI is InChI=1S/C24H42N2O3/c1-22-10-8-19(27)16-18(22)5-6-21-20(22)9-11-23(2)17(7-12-24(21,23)28)4-3-14-26-29-15-13-25/h3-4,17-21,26-28H,5-16,25H2,1-2H3/t17?,18?,19?,20-,21-,22+,23-,24-/m1/s1. The molecule has 5 heteroatoms. The molecule has 0 aromatic rings. The summed E-state index contributed by atoms with van der Waals surface area (Å²) >= 11 is 0. The fraction of sp³-hybridized carbons (Fsp3) is 0.917. The molecule has 4 aliphatic rings. The normalized spacial score (nSPS) is 49.6. The van der Waals surface area contributed by atoms with Crippen LogP contribution in [0.3, 0.4) is 0 Å². The molecule has 0 aliphatic heterocycles. The Balaban J connectivity index is 1.47. The molecule has 8 atom stereocenters. The summed E-state index contributed by atoms with van der Waals surface area (Å²) in [5, 5.41) is 22.3. The molecule has 0 bridgehead atoms. The molecule has 4 aliphatic carbocycles. The van der Waals surface area contributed by atoms with E-state index >= 15 is 0 Å². The van der Waals surface area contributed by atoms with Crippen LogP contribution in [0.25, 0.3) is 0 Å². The fourth-order valence-electron chi connectivity index (χ4n) is 8.02. The number of hydrogen-bond acceptors (Lipinski definition) is 5. The molecule has 166 valence electrons. The summed E-state index contributed by atoms with van der Waals surface area (Å²) in [5.41, 5.74) is 8.11. The smallest absolute Gasteiger partial charge is 0.0804 e. The topological polar surface area (TPSA) is 87.7 Å². The average Bonchev–Trinajstić information content (AvgIpc) is 2.96. The van der Waals surface area contributed by atoms with Crippen molar-refractivity contribution in [2.75, 3.05) is 19.7 Å². The molecule has 4 fully saturated rings. The number of aliphatic hydroxyl groups is 2. The van der Waals surface area contributed by atoms with E-state index in [1.807, 2.05) is 0 Å². The van der Waals surface area contributed by atoms with Crippen LogP contribution in [-0.4, -0.2) is 41.6 Å². The summed E-state index contributed by atoms with van der Waals surface area (Å²) in [5.74, 6) is 2.10. The van der Waals surface area contributed by atoms with E-state index < -0.39 is 5.60 Å². The lowest BCUT2D eigenvalue weighted by atomic mass is 9.43. The van der Waals surface area contributed by atoms with E-state index in [1.165, 1.54) is 12.8 Å². The van der Waals surface area contributed by atoms with Crippen molar-refractivity contribution >= 4 is 0 Å². The number of hydroxylamine groups is 1. The van der Waals surface area contributed by atoms with Crippen molar-refractivity contribution in [3.8, 4) is 0 Å². The molecule has 0 saturated heterocycles. The Morgan fingerprint density at radius 3 is 2.69 bits per heavy atom. The van der Waals surface area contributed by atoms with Gasteiger partial charge in [-0.15, -0.1) is 0 Å². The fourth-order valence-corrected chi connectivity index (χ4v) is 8.02. The molecule has 0 aromatic heterocycles. The molecule has 29 heavy (non-hydrogen) atoms. The average molecular weight is 407 g/mol. The van der Waals surface area contributed by atoms with E-state index in [4.69, 9.17) is 10.6 Å². The first-order valence-corrected chi connectivity index (χ1v) is 12.0. The second-order valence-corrected chi connectivity index (χ2v) is 10.9. The van der Waals surface area contributed by atoms with Crippen molar-refractivity contribution in [1.82, 2.24) is 5.48 Å². The van der Waals surface area contributed by atoms with E-state index in [-0.39, 0.29) is 11.5 Å². The van der Waals surface area contributed by atoms with Crippen LogP contribution in [0.2, 0.25) is 0 Å². The van der Waals surface area contributed by atoms with Gasteiger partial charge in [0.25, 0.3) is 0 Å². The van der Waals surface area contributed by atoms with Crippen molar-refractivity contribution < 1.29 is 15.1 Å². The number of allylic oxidation sites excluding steroid dienone is 1. The maximum absolute atomic E-state index is 12.1. The maximum Gasteiger partial charge on any atom is 0.0804 e. The molecule has 5 nitrogen and oxygen atoms in total. The van der Waals surface area contributed by atoms with Crippen molar-refractivity contribution in [1.29, 1.82) is 0 Å². The lowest BCUT2D eigenvalue weighted by Gasteiger charge is -2.63. The number of nitrogens with two attached hydrogens (primary N) is 1. The van der Waals surface area contributed by atoms with Crippen LogP contribution in [0.15, 0.2) is 12.2 Å². The van der Waals surface area contributed by atoms with E-state index in [0.29, 0.717) is 48.8 Å². The molecule has 4 rings (SSSR count). The Morgan fingerprint density at radius 1 is 1.07 bits per heavy atom. The zero-order valence-electron chi connectivity index (χ0n) is 18.4. The van der Waals surface area contributed by atoms with E-state index in [2.05, 4.69) is 31.5 Å². The van der Waals surface area contributed by atoms with Crippen LogP contribution >= 0.6 is 0 Å². The van der Waals surface area contributed by atoms with E-state index in [1.54, 1.807) is 0 Å². The highest BCUT2D eigenvalue weighted by atomic mass is 16.6. The van der Waals surface area contributed by atoms with E-state index in [9.17, 15) is 10.2 Å². The zero-order chi connectivity index (χ0) is 20.7. The Bertz CT molecular complexity index is 613. The van der Waals surface area contributed by atoms with Crippen LogP contribution in [0.1, 0.15) is 71.6 Å². The van der Waals surface area contributed by atoms with Crippen LogP contribution in [-0.2, 0) is 4.84 Å². The van der Waals surface area contributed by atoms with Gasteiger partial charge in [0.1, 0.15) is 0 Å². The predicted molar refractivity (Wildman–Crippen MR) is 115 cm³/mol. The van der Waals surface area contributed by atoms with Crippen LogP contribution in [0, 0.1) is 34.5 Å². The lowest BCUT2D eigenvalue weighted by Crippen LogP contribution is -2.62. The molecule has 0 heterocycles. The third-order valence-corrected chi connectivity index (χ3v) is 9.79. The Kier molecular flexibility index (Phi) is 6.18. The van der Waals surface area contributed by atoms with Gasteiger partial charge in [-0.05, 0) is 86.9 Å². The highest BCUT2D eigenvalue weighted by Gasteiger charge is 2.66. The molecule has 0 aromatic carbocycles. The molecule has 0 spiro atoms. The summed E-state index contributed by atoms with van der Waals surface area (Å²) < 4.78 is 0. The minimum atomic E-state index is -0.543. The predicted octanol–water partition coefficient (Wildman–Crippen LogP) is 3.16. The quantitative estimate of drug-likeness (QED) is 0.309. The van der Waals surface area contributed by atoms with Crippen LogP contribution < -0.4 is 11.2 Å². The van der Waals surface area contributed by atoms with Gasteiger partial charge in [-0.3, -0.25) is 0 Å². The highest BCUT2D eigenvalue weighted by molar-refractivity contribution is 5.19. The molecule has 0 radical (unpaired) electrons. The van der Waals surface area contributed by atoms with Gasteiger partial charge in [0, 0.05) is 18.5 Å². The van der Waals surface area contributed by atoms with Gasteiger partial charge in [0.05, 0.1) is 18.3 Å². The third-order valence-electron chi connectivity index (χ3n) is 9.79. The van der Waals surface area contributed by atoms with Crippen molar-refractivity contribution in [3.63, 3.8) is 0 Å². The number of aliphatic hydroxyl groups excluding tert-OH is 1. The van der Waals surface area contributed by atoms with Crippen molar-refractivity contribution in [2.24, 2.45) is 40.2 Å². The molecule has 3 unspecified atom stereocenters. The molecule has 5 N–H and O–H groups in total. The Hall–Kier alpha value is -0.460. The molecular formula is C24H42N2O3. The molecule has 0 amide bonds. The minimum Gasteiger partial charge on any atom is -0.393 e. The zero-order valence-corrected chi connectivity index (χ0v) is 18.4. The van der Waals surface area contributed by atoms with Crippen LogP contribution in [0.5, 0.6) is 0 Å². The van der Waals surface area contributed by atoms with Crippen LogP contribution in [0.4, 0.5) is 0 Å².